The minimum atomic E-state index is -0.864. The number of carbonyl (C=O) groups excluding carboxylic acids is 1. The molecule has 2 N–H and O–H groups in total. The van der Waals surface area contributed by atoms with Gasteiger partial charge < -0.3 is 10.4 Å². The monoisotopic (exact) mass is 295 g/mol. The lowest BCUT2D eigenvalue weighted by Crippen LogP contribution is -2.39. The zero-order valence-electron chi connectivity index (χ0n) is 11.1. The highest BCUT2D eigenvalue weighted by Crippen LogP contribution is 2.30. The van der Waals surface area contributed by atoms with Crippen LogP contribution in [0.25, 0.3) is 0 Å². The fourth-order valence-electron chi connectivity index (χ4n) is 2.66. The van der Waals surface area contributed by atoms with Crippen LogP contribution in [0.5, 0.6) is 0 Å². The summed E-state index contributed by atoms with van der Waals surface area (Å²) >= 11 is 5.80. The molecule has 1 aliphatic carbocycles. The largest absolute Gasteiger partial charge is 0.481 e. The molecule has 1 amide bonds. The smallest absolute Gasteiger partial charge is 0.307 e. The van der Waals surface area contributed by atoms with Gasteiger partial charge in [-0.15, -0.1) is 0 Å². The van der Waals surface area contributed by atoms with Gasteiger partial charge in [-0.1, -0.05) is 36.6 Å². The maximum Gasteiger partial charge on any atom is 0.307 e. The Morgan fingerprint density at radius 3 is 2.35 bits per heavy atom. The van der Waals surface area contributed by atoms with Gasteiger partial charge in [0.2, 0.25) is 5.91 Å². The summed E-state index contributed by atoms with van der Waals surface area (Å²) in [4.78, 5) is 23.3. The van der Waals surface area contributed by atoms with Crippen LogP contribution >= 0.6 is 11.6 Å². The standard InChI is InChI=1S/C15H18ClNO3/c16-11-7-5-10(6-8-11)9-17-14(18)12-3-1-2-4-13(12)15(19)20/h5-8,12-13H,1-4,9H2,(H,17,18)(H,19,20)/t12-,13-/m1/s1. The molecule has 2 atom stereocenters. The van der Waals surface area contributed by atoms with Gasteiger partial charge in [0.1, 0.15) is 0 Å². The first-order valence-electron chi connectivity index (χ1n) is 6.83. The Morgan fingerprint density at radius 2 is 1.75 bits per heavy atom. The molecule has 108 valence electrons. The van der Waals surface area contributed by atoms with Crippen molar-refractivity contribution in [3.63, 3.8) is 0 Å². The highest BCUT2D eigenvalue weighted by molar-refractivity contribution is 6.30. The minimum Gasteiger partial charge on any atom is -0.481 e. The molecule has 0 unspecified atom stereocenters. The van der Waals surface area contributed by atoms with E-state index in [1.54, 1.807) is 12.1 Å². The van der Waals surface area contributed by atoms with Crippen molar-refractivity contribution in [1.29, 1.82) is 0 Å². The highest BCUT2D eigenvalue weighted by Gasteiger charge is 2.35. The zero-order chi connectivity index (χ0) is 14.5. The fourth-order valence-corrected chi connectivity index (χ4v) is 2.79. The Balaban J connectivity index is 1.93. The molecule has 2 rings (SSSR count). The number of hydrogen-bond acceptors (Lipinski definition) is 2. The van der Waals surface area contributed by atoms with Gasteiger partial charge in [-0.25, -0.2) is 0 Å². The third-order valence-corrected chi connectivity index (χ3v) is 4.05. The van der Waals surface area contributed by atoms with E-state index in [2.05, 4.69) is 5.32 Å². The quantitative estimate of drug-likeness (QED) is 0.897. The molecule has 20 heavy (non-hydrogen) atoms. The van der Waals surface area contributed by atoms with Gasteiger partial charge in [0.05, 0.1) is 11.8 Å². The second kappa shape index (κ2) is 6.75. The minimum absolute atomic E-state index is 0.160. The van der Waals surface area contributed by atoms with Crippen molar-refractivity contribution < 1.29 is 14.7 Å². The number of aliphatic carboxylic acids is 1. The summed E-state index contributed by atoms with van der Waals surface area (Å²) in [5, 5.41) is 12.7. The van der Waals surface area contributed by atoms with Crippen LogP contribution in [0.2, 0.25) is 5.02 Å². The summed E-state index contributed by atoms with van der Waals surface area (Å²) < 4.78 is 0. The number of carboxylic acids is 1. The van der Waals surface area contributed by atoms with Gasteiger partial charge >= 0.3 is 5.97 Å². The summed E-state index contributed by atoms with van der Waals surface area (Å²) in [6.07, 6.45) is 3.05. The highest BCUT2D eigenvalue weighted by atomic mass is 35.5. The fraction of sp³-hybridized carbons (Fsp3) is 0.467. The van der Waals surface area contributed by atoms with Crippen LogP contribution in [-0.2, 0) is 16.1 Å². The summed E-state index contributed by atoms with van der Waals surface area (Å²) in [6.45, 7) is 0.402. The molecule has 0 aliphatic heterocycles. The van der Waals surface area contributed by atoms with Crippen molar-refractivity contribution in [2.75, 3.05) is 0 Å². The van der Waals surface area contributed by atoms with Gasteiger partial charge in [0, 0.05) is 11.6 Å². The van der Waals surface area contributed by atoms with E-state index in [9.17, 15) is 14.7 Å². The molecule has 0 aromatic heterocycles. The van der Waals surface area contributed by atoms with Crippen LogP contribution in [0.4, 0.5) is 0 Å². The molecule has 1 aromatic rings. The van der Waals surface area contributed by atoms with Crippen LogP contribution in [0, 0.1) is 11.8 Å². The molecule has 1 saturated carbocycles. The van der Waals surface area contributed by atoms with Crippen LogP contribution in [-0.4, -0.2) is 17.0 Å². The molecule has 1 aromatic carbocycles. The van der Waals surface area contributed by atoms with Crippen LogP contribution < -0.4 is 5.32 Å². The number of nitrogens with one attached hydrogen (secondary N) is 1. The van der Waals surface area contributed by atoms with Gasteiger partial charge in [-0.05, 0) is 30.5 Å². The lowest BCUT2D eigenvalue weighted by Gasteiger charge is -2.27. The maximum atomic E-state index is 12.2. The van der Waals surface area contributed by atoms with E-state index in [-0.39, 0.29) is 5.91 Å². The number of carbonyl (C=O) groups is 2. The predicted molar refractivity (Wildman–Crippen MR) is 76.4 cm³/mol. The number of carboxylic acid groups (broad SMARTS) is 1. The second-order valence-electron chi connectivity index (χ2n) is 5.18. The summed E-state index contributed by atoms with van der Waals surface area (Å²) in [5.74, 6) is -1.98. The molecule has 0 spiro atoms. The SMILES string of the molecule is O=C(O)[C@@H]1CCCC[C@H]1C(=O)NCc1ccc(Cl)cc1. The lowest BCUT2D eigenvalue weighted by molar-refractivity contribution is -0.148. The molecule has 0 bridgehead atoms. The zero-order valence-corrected chi connectivity index (χ0v) is 11.9. The number of benzene rings is 1. The van der Waals surface area contributed by atoms with Crippen molar-refractivity contribution in [3.05, 3.63) is 34.9 Å². The number of amides is 1. The van der Waals surface area contributed by atoms with E-state index in [1.165, 1.54) is 0 Å². The van der Waals surface area contributed by atoms with Gasteiger partial charge in [-0.2, -0.15) is 0 Å². The van der Waals surface area contributed by atoms with Crippen molar-refractivity contribution in [2.24, 2.45) is 11.8 Å². The Kier molecular flexibility index (Phi) is 5.01. The van der Waals surface area contributed by atoms with Crippen LogP contribution in [0.15, 0.2) is 24.3 Å². The summed E-state index contributed by atoms with van der Waals surface area (Å²) in [6, 6.07) is 7.23. The predicted octanol–water partition coefficient (Wildman–Crippen LogP) is 2.85. The van der Waals surface area contributed by atoms with E-state index in [0.717, 1.165) is 18.4 Å². The molecule has 5 heteroatoms. The van der Waals surface area contributed by atoms with Crippen LogP contribution in [0.3, 0.4) is 0 Å². The van der Waals surface area contributed by atoms with Crippen molar-refractivity contribution in [1.82, 2.24) is 5.32 Å². The molecule has 0 radical (unpaired) electrons. The van der Waals surface area contributed by atoms with Crippen molar-refractivity contribution in [3.8, 4) is 0 Å². The maximum absolute atomic E-state index is 12.2. The summed E-state index contributed by atoms with van der Waals surface area (Å²) in [5.41, 5.74) is 0.949. The molecule has 0 saturated heterocycles. The van der Waals surface area contributed by atoms with Crippen molar-refractivity contribution >= 4 is 23.5 Å². The molecule has 1 fully saturated rings. The van der Waals surface area contributed by atoms with Gasteiger partial charge in [0.25, 0.3) is 0 Å². The van der Waals surface area contributed by atoms with Crippen LogP contribution in [0.1, 0.15) is 31.2 Å². The number of rotatable bonds is 4. The average Bonchev–Trinajstić information content (AvgIpc) is 2.46. The Morgan fingerprint density at radius 1 is 1.15 bits per heavy atom. The van der Waals surface area contributed by atoms with Gasteiger partial charge in [-0.3, -0.25) is 9.59 Å². The van der Waals surface area contributed by atoms with E-state index in [0.29, 0.717) is 24.4 Å². The Hall–Kier alpha value is -1.55. The lowest BCUT2D eigenvalue weighted by atomic mass is 9.78. The topological polar surface area (TPSA) is 66.4 Å². The van der Waals surface area contributed by atoms with E-state index < -0.39 is 17.8 Å². The molecular formula is C15H18ClNO3. The van der Waals surface area contributed by atoms with E-state index in [4.69, 9.17) is 11.6 Å². The average molecular weight is 296 g/mol. The number of hydrogen-bond donors (Lipinski definition) is 2. The van der Waals surface area contributed by atoms with Gasteiger partial charge in [0.15, 0.2) is 0 Å². The third-order valence-electron chi connectivity index (χ3n) is 3.80. The van der Waals surface area contributed by atoms with E-state index >= 15 is 0 Å². The molecular weight excluding hydrogens is 278 g/mol. The molecule has 4 nitrogen and oxygen atoms in total. The third kappa shape index (κ3) is 3.73. The van der Waals surface area contributed by atoms with E-state index in [1.807, 2.05) is 12.1 Å². The second-order valence-corrected chi connectivity index (χ2v) is 5.62. The first-order valence-corrected chi connectivity index (χ1v) is 7.20. The Labute approximate surface area is 123 Å². The summed E-state index contributed by atoms with van der Waals surface area (Å²) in [7, 11) is 0. The first-order chi connectivity index (χ1) is 9.58. The number of halogens is 1. The Bertz CT molecular complexity index is 486. The molecule has 1 aliphatic rings. The molecule has 0 heterocycles. The first kappa shape index (κ1) is 14.9. The van der Waals surface area contributed by atoms with Crippen molar-refractivity contribution in [2.45, 2.75) is 32.2 Å². The normalized spacial score (nSPS) is 22.2.